The summed E-state index contributed by atoms with van der Waals surface area (Å²) in [6.07, 6.45) is 2.92. The van der Waals surface area contributed by atoms with Crippen LogP contribution in [0.4, 0.5) is 17.3 Å². The van der Waals surface area contributed by atoms with E-state index < -0.39 is 0 Å². The van der Waals surface area contributed by atoms with Crippen LogP contribution >= 0.6 is 0 Å². The summed E-state index contributed by atoms with van der Waals surface area (Å²) in [4.78, 5) is 22.2. The number of piperidine rings is 1. The topological polar surface area (TPSA) is 77.1 Å². The molecule has 36 heavy (non-hydrogen) atoms. The molecular formula is C27H39N7O2. The van der Waals surface area contributed by atoms with Crippen LogP contribution in [-0.2, 0) is 9.53 Å². The molecule has 1 aromatic heterocycles. The number of carbonyl (C=O) groups excluding carboxylic acids is 1. The van der Waals surface area contributed by atoms with E-state index in [9.17, 15) is 4.79 Å². The van der Waals surface area contributed by atoms with Crippen LogP contribution in [0.25, 0.3) is 0 Å². The molecular weight excluding hydrogens is 454 g/mol. The zero-order valence-corrected chi connectivity index (χ0v) is 21.2. The normalized spacial score (nSPS) is 21.4. The van der Waals surface area contributed by atoms with E-state index in [1.807, 2.05) is 12.1 Å². The minimum atomic E-state index is 0.00823. The second-order valence-electron chi connectivity index (χ2n) is 9.94. The molecule has 2 aromatic rings. The first kappa shape index (κ1) is 24.8. The molecule has 9 heteroatoms. The first-order valence-corrected chi connectivity index (χ1v) is 13.5. The van der Waals surface area contributed by atoms with Gasteiger partial charge in [0.25, 0.3) is 0 Å². The highest BCUT2D eigenvalue weighted by atomic mass is 16.5. The summed E-state index contributed by atoms with van der Waals surface area (Å²) in [5.41, 5.74) is 1.31. The van der Waals surface area contributed by atoms with Crippen LogP contribution in [0, 0.1) is 5.92 Å². The number of para-hydroxylation sites is 1. The van der Waals surface area contributed by atoms with E-state index >= 15 is 0 Å². The van der Waals surface area contributed by atoms with Crippen molar-refractivity contribution in [1.82, 2.24) is 20.4 Å². The number of hydrogen-bond acceptors (Lipinski definition) is 8. The lowest BCUT2D eigenvalue weighted by Gasteiger charge is -2.36. The zero-order chi connectivity index (χ0) is 24.6. The van der Waals surface area contributed by atoms with E-state index in [-0.39, 0.29) is 11.8 Å². The smallest absolute Gasteiger partial charge is 0.224 e. The standard InChI is InChI=1S/C27H39N7O2/c35-27(28-11-5-12-31-14-16-32(17-15-31)24-7-2-1-3-8-24)23-6-4-13-34(22-23)26-10-9-25(29-30-26)33-18-20-36-21-19-33/h1-3,7-10,23H,4-6,11-22H2,(H,28,35). The van der Waals surface area contributed by atoms with Gasteiger partial charge in [0.15, 0.2) is 11.6 Å². The van der Waals surface area contributed by atoms with E-state index in [2.05, 4.69) is 65.4 Å². The van der Waals surface area contributed by atoms with Gasteiger partial charge in [-0.15, -0.1) is 10.2 Å². The largest absolute Gasteiger partial charge is 0.378 e. The Morgan fingerprint density at radius 1 is 0.861 bits per heavy atom. The maximum absolute atomic E-state index is 12.9. The number of ether oxygens (including phenoxy) is 1. The number of carbonyl (C=O) groups is 1. The fourth-order valence-corrected chi connectivity index (χ4v) is 5.37. The molecule has 1 N–H and O–H groups in total. The van der Waals surface area contributed by atoms with Gasteiger partial charge in [0.1, 0.15) is 0 Å². The zero-order valence-electron chi connectivity index (χ0n) is 21.2. The van der Waals surface area contributed by atoms with E-state index in [1.54, 1.807) is 0 Å². The Morgan fingerprint density at radius 3 is 2.31 bits per heavy atom. The second kappa shape index (κ2) is 12.4. The van der Waals surface area contributed by atoms with Crippen molar-refractivity contribution in [1.29, 1.82) is 0 Å². The molecule has 0 bridgehead atoms. The fourth-order valence-electron chi connectivity index (χ4n) is 5.37. The molecule has 1 amide bonds. The van der Waals surface area contributed by atoms with Gasteiger partial charge in [-0.05, 0) is 50.1 Å². The van der Waals surface area contributed by atoms with Crippen molar-refractivity contribution in [2.45, 2.75) is 19.3 Å². The van der Waals surface area contributed by atoms with Gasteiger partial charge in [-0.1, -0.05) is 18.2 Å². The van der Waals surface area contributed by atoms with Crippen LogP contribution in [-0.4, -0.2) is 99.7 Å². The number of hydrogen-bond donors (Lipinski definition) is 1. The second-order valence-corrected chi connectivity index (χ2v) is 9.94. The summed E-state index contributed by atoms with van der Waals surface area (Å²) < 4.78 is 5.42. The van der Waals surface area contributed by atoms with Gasteiger partial charge in [-0.25, -0.2) is 0 Å². The van der Waals surface area contributed by atoms with Crippen LogP contribution in [0.3, 0.4) is 0 Å². The van der Waals surface area contributed by atoms with Gasteiger partial charge in [0, 0.05) is 64.6 Å². The molecule has 194 valence electrons. The number of benzene rings is 1. The lowest BCUT2D eigenvalue weighted by Crippen LogP contribution is -2.47. The third-order valence-corrected chi connectivity index (χ3v) is 7.53. The highest BCUT2D eigenvalue weighted by Crippen LogP contribution is 2.23. The van der Waals surface area contributed by atoms with Crippen LogP contribution in [0.15, 0.2) is 42.5 Å². The average molecular weight is 494 g/mol. The van der Waals surface area contributed by atoms with Gasteiger partial charge in [0.05, 0.1) is 19.1 Å². The van der Waals surface area contributed by atoms with Crippen molar-refractivity contribution < 1.29 is 9.53 Å². The van der Waals surface area contributed by atoms with Gasteiger partial charge in [0.2, 0.25) is 5.91 Å². The minimum absolute atomic E-state index is 0.00823. The Morgan fingerprint density at radius 2 is 1.58 bits per heavy atom. The highest BCUT2D eigenvalue weighted by Gasteiger charge is 2.27. The molecule has 4 heterocycles. The van der Waals surface area contributed by atoms with Crippen molar-refractivity contribution in [2.75, 3.05) is 93.4 Å². The maximum Gasteiger partial charge on any atom is 0.224 e. The summed E-state index contributed by atoms with van der Waals surface area (Å²) in [7, 11) is 0. The molecule has 1 atom stereocenters. The Balaban J connectivity index is 1.01. The third-order valence-electron chi connectivity index (χ3n) is 7.53. The van der Waals surface area contributed by atoms with Gasteiger partial charge < -0.3 is 24.8 Å². The quantitative estimate of drug-likeness (QED) is 0.559. The summed E-state index contributed by atoms with van der Waals surface area (Å²) in [6, 6.07) is 14.7. The third kappa shape index (κ3) is 6.44. The summed E-state index contributed by atoms with van der Waals surface area (Å²) in [5, 5.41) is 12.1. The molecule has 0 saturated carbocycles. The van der Waals surface area contributed by atoms with E-state index in [4.69, 9.17) is 4.74 Å². The minimum Gasteiger partial charge on any atom is -0.378 e. The number of anilines is 3. The van der Waals surface area contributed by atoms with Gasteiger partial charge in [-0.3, -0.25) is 9.69 Å². The molecule has 1 unspecified atom stereocenters. The number of aromatic nitrogens is 2. The molecule has 0 spiro atoms. The Hall–Kier alpha value is -2.91. The number of rotatable bonds is 8. The van der Waals surface area contributed by atoms with Gasteiger partial charge >= 0.3 is 0 Å². The van der Waals surface area contributed by atoms with E-state index in [0.29, 0.717) is 6.54 Å². The van der Waals surface area contributed by atoms with E-state index in [1.165, 1.54) is 5.69 Å². The SMILES string of the molecule is O=C(NCCCN1CCN(c2ccccc2)CC1)C1CCCN(c2ccc(N3CCOCC3)nn2)C1. The Bertz CT molecular complexity index is 944. The predicted octanol–water partition coefficient (Wildman–Crippen LogP) is 1.86. The first-order chi connectivity index (χ1) is 17.8. The summed E-state index contributed by atoms with van der Waals surface area (Å²) >= 11 is 0. The average Bonchev–Trinajstić information content (AvgIpc) is 2.96. The number of amides is 1. The number of nitrogens with zero attached hydrogens (tertiary/aromatic N) is 6. The molecule has 0 radical (unpaired) electrons. The molecule has 0 aliphatic carbocycles. The Kier molecular flexibility index (Phi) is 8.51. The lowest BCUT2D eigenvalue weighted by atomic mass is 9.97. The summed E-state index contributed by atoms with van der Waals surface area (Å²) in [6.45, 7) is 10.8. The van der Waals surface area contributed by atoms with Gasteiger partial charge in [-0.2, -0.15) is 0 Å². The van der Waals surface area contributed by atoms with Crippen LogP contribution in [0.2, 0.25) is 0 Å². The molecule has 3 fully saturated rings. The molecule has 3 aliphatic rings. The maximum atomic E-state index is 12.9. The first-order valence-electron chi connectivity index (χ1n) is 13.5. The predicted molar refractivity (Wildman–Crippen MR) is 143 cm³/mol. The van der Waals surface area contributed by atoms with Crippen molar-refractivity contribution in [2.24, 2.45) is 5.92 Å². The highest BCUT2D eigenvalue weighted by molar-refractivity contribution is 5.79. The summed E-state index contributed by atoms with van der Waals surface area (Å²) in [5.74, 6) is 1.94. The molecule has 1 aromatic carbocycles. The van der Waals surface area contributed by atoms with Crippen LogP contribution in [0.1, 0.15) is 19.3 Å². The van der Waals surface area contributed by atoms with Crippen LogP contribution < -0.4 is 20.0 Å². The van der Waals surface area contributed by atoms with Crippen LogP contribution in [0.5, 0.6) is 0 Å². The number of morpholine rings is 1. The van der Waals surface area contributed by atoms with Crippen molar-refractivity contribution in [3.63, 3.8) is 0 Å². The van der Waals surface area contributed by atoms with E-state index in [0.717, 1.165) is 103 Å². The number of nitrogens with one attached hydrogen (secondary N) is 1. The van der Waals surface area contributed by atoms with Crippen molar-refractivity contribution >= 4 is 23.2 Å². The Labute approximate surface area is 214 Å². The lowest BCUT2D eigenvalue weighted by molar-refractivity contribution is -0.125. The molecule has 5 rings (SSSR count). The monoisotopic (exact) mass is 493 g/mol. The molecule has 3 aliphatic heterocycles. The molecule has 9 nitrogen and oxygen atoms in total. The van der Waals surface area contributed by atoms with Crippen molar-refractivity contribution in [3.8, 4) is 0 Å². The van der Waals surface area contributed by atoms with Crippen molar-refractivity contribution in [3.05, 3.63) is 42.5 Å². The fraction of sp³-hybridized carbons (Fsp3) is 0.593. The number of piperazine rings is 1. The molecule has 3 saturated heterocycles.